The topological polar surface area (TPSA) is 103 Å². The van der Waals surface area contributed by atoms with Crippen molar-refractivity contribution in [3.05, 3.63) is 58.4 Å². The van der Waals surface area contributed by atoms with Crippen molar-refractivity contribution in [2.75, 3.05) is 6.54 Å². The maximum absolute atomic E-state index is 12.9. The number of nitrogens with one attached hydrogen (secondary N) is 2. The number of carbonyl (C=O) groups is 4. The minimum Gasteiger partial charge on any atom is -0.364 e. The van der Waals surface area contributed by atoms with Gasteiger partial charge in [-0.15, -0.1) is 0 Å². The smallest absolute Gasteiger partial charge is 0.262 e. The zero-order valence-corrected chi connectivity index (χ0v) is 15.7. The fourth-order valence-corrected chi connectivity index (χ4v) is 4.41. The lowest BCUT2D eigenvalue weighted by atomic mass is 10.0. The van der Waals surface area contributed by atoms with Crippen LogP contribution >= 0.6 is 0 Å². The molecule has 1 unspecified atom stereocenters. The largest absolute Gasteiger partial charge is 0.364 e. The molecule has 0 spiro atoms. The van der Waals surface area contributed by atoms with E-state index >= 15 is 0 Å². The van der Waals surface area contributed by atoms with Crippen molar-refractivity contribution >= 4 is 23.6 Å². The van der Waals surface area contributed by atoms with Gasteiger partial charge in [-0.05, 0) is 42.2 Å². The average Bonchev–Trinajstić information content (AvgIpc) is 3.25. The van der Waals surface area contributed by atoms with Crippen LogP contribution in [0, 0.1) is 0 Å². The van der Waals surface area contributed by atoms with Gasteiger partial charge in [-0.1, -0.05) is 6.07 Å². The van der Waals surface area contributed by atoms with Gasteiger partial charge in [0, 0.05) is 37.9 Å². The molecule has 29 heavy (non-hydrogen) atoms. The number of H-pyrrole nitrogens is 1. The molecule has 8 heteroatoms. The van der Waals surface area contributed by atoms with Gasteiger partial charge in [-0.2, -0.15) is 0 Å². The number of fused-ring (bicyclic) bond motifs is 2. The third-order valence-corrected chi connectivity index (χ3v) is 5.92. The number of carbonyl (C=O) groups excluding carboxylic acids is 4. The highest BCUT2D eigenvalue weighted by Gasteiger charge is 2.44. The molecule has 0 saturated carbocycles. The normalized spacial score (nSPS) is 21.9. The molecule has 1 aromatic heterocycles. The first-order valence-corrected chi connectivity index (χ1v) is 9.73. The fraction of sp³-hybridized carbons (Fsp3) is 0.333. The highest BCUT2D eigenvalue weighted by atomic mass is 16.2. The Bertz CT molecular complexity index is 1060. The molecule has 1 atom stereocenters. The molecule has 3 aliphatic rings. The summed E-state index contributed by atoms with van der Waals surface area (Å²) >= 11 is 0. The Kier molecular flexibility index (Phi) is 4.09. The van der Waals surface area contributed by atoms with Crippen LogP contribution < -0.4 is 5.32 Å². The Hall–Kier alpha value is -3.26. The van der Waals surface area contributed by atoms with Crippen molar-refractivity contribution in [3.8, 4) is 0 Å². The van der Waals surface area contributed by atoms with E-state index in [4.69, 9.17) is 0 Å². The molecule has 5 rings (SSSR count). The van der Waals surface area contributed by atoms with Gasteiger partial charge < -0.3 is 4.98 Å². The second kappa shape index (κ2) is 6.66. The molecule has 1 fully saturated rings. The van der Waals surface area contributed by atoms with Gasteiger partial charge in [0.1, 0.15) is 6.04 Å². The summed E-state index contributed by atoms with van der Waals surface area (Å²) in [5.74, 6) is -1.91. The number of hydrogen-bond acceptors (Lipinski definition) is 5. The molecule has 4 amide bonds. The molecule has 0 aliphatic carbocycles. The average molecular weight is 392 g/mol. The van der Waals surface area contributed by atoms with Crippen LogP contribution in [0.4, 0.5) is 0 Å². The Morgan fingerprint density at radius 3 is 2.66 bits per heavy atom. The summed E-state index contributed by atoms with van der Waals surface area (Å²) in [6.07, 6.45) is 3.21. The van der Waals surface area contributed by atoms with Crippen LogP contribution in [0.3, 0.4) is 0 Å². The van der Waals surface area contributed by atoms with Gasteiger partial charge in [0.15, 0.2) is 0 Å². The fourth-order valence-electron chi connectivity index (χ4n) is 4.41. The van der Waals surface area contributed by atoms with Crippen molar-refractivity contribution in [2.45, 2.75) is 38.4 Å². The van der Waals surface area contributed by atoms with Gasteiger partial charge in [-0.25, -0.2) is 0 Å². The molecular formula is C21H20N4O4. The van der Waals surface area contributed by atoms with Crippen LogP contribution in [0.25, 0.3) is 0 Å². The van der Waals surface area contributed by atoms with E-state index in [-0.39, 0.29) is 18.7 Å². The minimum atomic E-state index is -0.933. The molecule has 0 radical (unpaired) electrons. The molecule has 1 aromatic carbocycles. The summed E-state index contributed by atoms with van der Waals surface area (Å²) in [6.45, 7) is 2.41. The highest BCUT2D eigenvalue weighted by Crippen LogP contribution is 2.29. The summed E-state index contributed by atoms with van der Waals surface area (Å²) in [6, 6.07) is 6.46. The molecule has 148 valence electrons. The van der Waals surface area contributed by atoms with Crippen molar-refractivity contribution in [1.82, 2.24) is 20.1 Å². The van der Waals surface area contributed by atoms with Crippen LogP contribution in [0.15, 0.2) is 30.5 Å². The van der Waals surface area contributed by atoms with E-state index in [2.05, 4.69) is 21.3 Å². The Balaban J connectivity index is 1.36. The van der Waals surface area contributed by atoms with E-state index in [1.165, 1.54) is 11.3 Å². The summed E-state index contributed by atoms with van der Waals surface area (Å²) in [7, 11) is 0. The van der Waals surface area contributed by atoms with Crippen molar-refractivity contribution < 1.29 is 19.2 Å². The number of hydrogen-bond donors (Lipinski definition) is 2. The minimum absolute atomic E-state index is 0.116. The molecular weight excluding hydrogens is 372 g/mol. The number of amides is 4. The summed E-state index contributed by atoms with van der Waals surface area (Å²) < 4.78 is 0. The van der Waals surface area contributed by atoms with Crippen LogP contribution in [0.5, 0.6) is 0 Å². The summed E-state index contributed by atoms with van der Waals surface area (Å²) in [4.78, 5) is 55.8. The number of aromatic nitrogens is 1. The van der Waals surface area contributed by atoms with E-state index in [0.29, 0.717) is 17.7 Å². The number of rotatable bonds is 3. The molecule has 1 saturated heterocycles. The van der Waals surface area contributed by atoms with Crippen LogP contribution in [-0.2, 0) is 29.1 Å². The van der Waals surface area contributed by atoms with E-state index in [9.17, 15) is 19.2 Å². The Labute approximate surface area is 166 Å². The Morgan fingerprint density at radius 2 is 1.83 bits per heavy atom. The number of piperidine rings is 1. The van der Waals surface area contributed by atoms with Gasteiger partial charge in [0.25, 0.3) is 11.8 Å². The molecule has 4 heterocycles. The van der Waals surface area contributed by atoms with Crippen molar-refractivity contribution in [3.63, 3.8) is 0 Å². The molecule has 2 aromatic rings. The number of imide groups is 2. The second-order valence-corrected chi connectivity index (χ2v) is 7.77. The zero-order valence-electron chi connectivity index (χ0n) is 15.7. The maximum Gasteiger partial charge on any atom is 0.262 e. The van der Waals surface area contributed by atoms with Crippen LogP contribution in [-0.4, -0.2) is 51.0 Å². The number of benzene rings is 1. The number of aromatic amines is 1. The maximum atomic E-state index is 12.9. The molecule has 2 N–H and O–H groups in total. The summed E-state index contributed by atoms with van der Waals surface area (Å²) in [5.41, 5.74) is 4.15. The van der Waals surface area contributed by atoms with Gasteiger partial charge in [0.05, 0.1) is 11.1 Å². The quantitative estimate of drug-likeness (QED) is 0.758. The lowest BCUT2D eigenvalue weighted by molar-refractivity contribution is -0.136. The lowest BCUT2D eigenvalue weighted by Gasteiger charge is -2.27. The third kappa shape index (κ3) is 2.96. The highest BCUT2D eigenvalue weighted by molar-refractivity contribution is 6.23. The molecule has 3 aliphatic heterocycles. The first kappa shape index (κ1) is 17.8. The van der Waals surface area contributed by atoms with Crippen molar-refractivity contribution in [2.24, 2.45) is 0 Å². The monoisotopic (exact) mass is 392 g/mol. The summed E-state index contributed by atoms with van der Waals surface area (Å²) in [5, 5.41) is 2.21. The SMILES string of the molecule is O=C1CCC(N2C(=O)c3ccc(CN4CCc5cc[nH]c5C4)cc3C2=O)C(=O)N1. The van der Waals surface area contributed by atoms with Crippen molar-refractivity contribution in [1.29, 1.82) is 0 Å². The molecule has 0 bridgehead atoms. The van der Waals surface area contributed by atoms with E-state index < -0.39 is 23.8 Å². The third-order valence-electron chi connectivity index (χ3n) is 5.92. The predicted molar refractivity (Wildman–Crippen MR) is 102 cm³/mol. The van der Waals surface area contributed by atoms with Crippen LogP contribution in [0.2, 0.25) is 0 Å². The van der Waals surface area contributed by atoms with E-state index in [1.807, 2.05) is 12.3 Å². The first-order valence-electron chi connectivity index (χ1n) is 9.73. The first-order chi connectivity index (χ1) is 14.0. The van der Waals surface area contributed by atoms with Gasteiger partial charge in [-0.3, -0.25) is 34.3 Å². The van der Waals surface area contributed by atoms with E-state index in [1.54, 1.807) is 12.1 Å². The standard InChI is InChI=1S/C21H20N4O4/c26-18-4-3-17(19(27)23-18)25-20(28)14-2-1-12(9-15(14)21(25)29)10-24-8-6-13-5-7-22-16(13)11-24/h1-2,5,7,9,17,22H,3-4,6,8,10-11H2,(H,23,26,27). The predicted octanol–water partition coefficient (Wildman–Crippen LogP) is 0.974. The Morgan fingerprint density at radius 1 is 1.00 bits per heavy atom. The van der Waals surface area contributed by atoms with Gasteiger partial charge >= 0.3 is 0 Å². The lowest BCUT2D eigenvalue weighted by Crippen LogP contribution is -2.54. The molecule has 8 nitrogen and oxygen atoms in total. The van der Waals surface area contributed by atoms with Crippen LogP contribution in [0.1, 0.15) is 50.4 Å². The second-order valence-electron chi connectivity index (χ2n) is 7.77. The number of nitrogens with zero attached hydrogens (tertiary/aromatic N) is 2. The van der Waals surface area contributed by atoms with Gasteiger partial charge in [0.2, 0.25) is 11.8 Å². The van der Waals surface area contributed by atoms with E-state index in [0.717, 1.165) is 30.0 Å². The zero-order chi connectivity index (χ0) is 20.1.